The molecule has 2 heterocycles. The summed E-state index contributed by atoms with van der Waals surface area (Å²) >= 11 is 0. The zero-order valence-corrected chi connectivity index (χ0v) is 17.6. The predicted molar refractivity (Wildman–Crippen MR) is 114 cm³/mol. The van der Waals surface area contributed by atoms with Gasteiger partial charge in [0.25, 0.3) is 10.0 Å². The lowest BCUT2D eigenvalue weighted by Crippen LogP contribution is -2.13. The van der Waals surface area contributed by atoms with Gasteiger partial charge < -0.3 is 10.1 Å². The summed E-state index contributed by atoms with van der Waals surface area (Å²) in [5.74, 6) is -0.918. The molecule has 0 spiro atoms. The summed E-state index contributed by atoms with van der Waals surface area (Å²) in [4.78, 5) is 3.34. The zero-order chi connectivity index (χ0) is 22.9. The number of rotatable bonds is 7. The van der Waals surface area contributed by atoms with E-state index in [4.69, 9.17) is 0 Å². The van der Waals surface area contributed by atoms with Gasteiger partial charge in [0, 0.05) is 36.5 Å². The number of alkyl halides is 2. The maximum Gasteiger partial charge on any atom is 0.387 e. The van der Waals surface area contributed by atoms with Crippen molar-refractivity contribution in [2.45, 2.75) is 18.1 Å². The molecule has 4 aromatic rings. The summed E-state index contributed by atoms with van der Waals surface area (Å²) in [6.45, 7) is -2.68. The van der Waals surface area contributed by atoms with E-state index in [1.165, 1.54) is 36.7 Å². The highest BCUT2D eigenvalue weighted by molar-refractivity contribution is 7.90. The third kappa shape index (κ3) is 4.19. The van der Waals surface area contributed by atoms with Gasteiger partial charge in [0.1, 0.15) is 5.75 Å². The van der Waals surface area contributed by atoms with E-state index < -0.39 is 22.6 Å². The summed E-state index contributed by atoms with van der Waals surface area (Å²) in [6.07, 6.45) is 2.81. The number of pyridine rings is 1. The summed E-state index contributed by atoms with van der Waals surface area (Å²) in [6, 6.07) is 13.0. The van der Waals surface area contributed by atoms with Crippen LogP contribution in [0.1, 0.15) is 5.56 Å². The highest BCUT2D eigenvalue weighted by Gasteiger charge is 2.22. The van der Waals surface area contributed by atoms with Crippen LogP contribution in [0.25, 0.3) is 22.0 Å². The number of ether oxygens (including phenoxy) is 1. The molecule has 6 nitrogen and oxygen atoms in total. The highest BCUT2D eigenvalue weighted by Crippen LogP contribution is 2.31. The summed E-state index contributed by atoms with van der Waals surface area (Å²) < 4.78 is 71.1. The van der Waals surface area contributed by atoms with Crippen LogP contribution >= 0.6 is 0 Å². The number of hydrogen-bond acceptors (Lipinski definition) is 5. The summed E-state index contributed by atoms with van der Waals surface area (Å²) in [7, 11) is -2.42. The van der Waals surface area contributed by atoms with Crippen molar-refractivity contribution in [1.29, 1.82) is 0 Å². The highest BCUT2D eigenvalue weighted by atomic mass is 32.2. The second-order valence-electron chi connectivity index (χ2n) is 6.94. The lowest BCUT2D eigenvalue weighted by molar-refractivity contribution is -0.0499. The van der Waals surface area contributed by atoms with Crippen LogP contribution in [0.4, 0.5) is 13.2 Å². The molecule has 0 amide bonds. The minimum atomic E-state index is -4.15. The minimum absolute atomic E-state index is 0.205. The standard InChI is InChI=1S/C22H18F3N3O3S/c1-26-12-16-13-28(32(29,30)18-4-2-3-17(11-18)31-22(24)25)20-9-14(5-6-19(16)20)15-7-8-27-21(23)10-15/h2-11,13,22,26H,12H2,1H3. The minimum Gasteiger partial charge on any atom is -0.435 e. The lowest BCUT2D eigenvalue weighted by atomic mass is 10.0. The molecule has 0 saturated carbocycles. The van der Waals surface area contributed by atoms with E-state index in [1.54, 1.807) is 31.3 Å². The number of hydrogen-bond donors (Lipinski definition) is 1. The van der Waals surface area contributed by atoms with E-state index in [1.807, 2.05) is 0 Å². The van der Waals surface area contributed by atoms with Crippen molar-refractivity contribution < 1.29 is 26.3 Å². The molecule has 0 aliphatic heterocycles. The van der Waals surface area contributed by atoms with Crippen LogP contribution in [-0.4, -0.2) is 31.0 Å². The Hall–Kier alpha value is -3.37. The Kier molecular flexibility index (Phi) is 5.90. The van der Waals surface area contributed by atoms with Gasteiger partial charge in [0.15, 0.2) is 0 Å². The van der Waals surface area contributed by atoms with Crippen LogP contribution in [0.15, 0.2) is 71.9 Å². The molecular formula is C22H18F3N3O3S. The monoisotopic (exact) mass is 461 g/mol. The first kappa shape index (κ1) is 21.8. The molecule has 166 valence electrons. The van der Waals surface area contributed by atoms with Gasteiger partial charge >= 0.3 is 6.61 Å². The normalized spacial score (nSPS) is 11.9. The van der Waals surface area contributed by atoms with Crippen molar-refractivity contribution in [2.75, 3.05) is 7.05 Å². The van der Waals surface area contributed by atoms with Gasteiger partial charge in [-0.2, -0.15) is 13.2 Å². The molecule has 1 N–H and O–H groups in total. The molecule has 0 radical (unpaired) electrons. The van der Waals surface area contributed by atoms with E-state index in [0.717, 1.165) is 15.6 Å². The predicted octanol–water partition coefficient (Wildman–Crippen LogP) is 4.40. The number of halogens is 3. The van der Waals surface area contributed by atoms with Crippen molar-refractivity contribution in [2.24, 2.45) is 0 Å². The van der Waals surface area contributed by atoms with Gasteiger partial charge in [0.2, 0.25) is 5.95 Å². The maximum atomic E-state index is 13.6. The number of aromatic nitrogens is 2. The SMILES string of the molecule is CNCc1cn(S(=O)(=O)c2cccc(OC(F)F)c2)c2cc(-c3ccnc(F)c3)ccc12. The number of fused-ring (bicyclic) bond motifs is 1. The third-order valence-corrected chi connectivity index (χ3v) is 6.54. The van der Waals surface area contributed by atoms with Crippen LogP contribution < -0.4 is 10.1 Å². The Balaban J connectivity index is 1.89. The van der Waals surface area contributed by atoms with E-state index in [-0.39, 0.29) is 10.6 Å². The average Bonchev–Trinajstić information content (AvgIpc) is 3.12. The molecule has 0 aliphatic rings. The van der Waals surface area contributed by atoms with E-state index in [9.17, 15) is 21.6 Å². The smallest absolute Gasteiger partial charge is 0.387 e. The quantitative estimate of drug-likeness (QED) is 0.413. The largest absolute Gasteiger partial charge is 0.435 e. The molecule has 0 saturated heterocycles. The van der Waals surface area contributed by atoms with E-state index >= 15 is 0 Å². The maximum absolute atomic E-state index is 13.6. The van der Waals surface area contributed by atoms with Gasteiger partial charge in [-0.3, -0.25) is 0 Å². The topological polar surface area (TPSA) is 73.2 Å². The first-order valence-electron chi connectivity index (χ1n) is 9.50. The second-order valence-corrected chi connectivity index (χ2v) is 8.75. The fraction of sp³-hybridized carbons (Fsp3) is 0.136. The Bertz CT molecular complexity index is 1390. The summed E-state index contributed by atoms with van der Waals surface area (Å²) in [5, 5.41) is 3.68. The fourth-order valence-corrected chi connectivity index (χ4v) is 4.90. The Morgan fingerprint density at radius 2 is 1.88 bits per heavy atom. The molecular weight excluding hydrogens is 443 g/mol. The molecule has 10 heteroatoms. The Labute approximate surface area is 182 Å². The van der Waals surface area contributed by atoms with Gasteiger partial charge in [-0.1, -0.05) is 18.2 Å². The molecule has 2 aromatic carbocycles. The number of benzene rings is 2. The van der Waals surface area contributed by atoms with Gasteiger partial charge in [0.05, 0.1) is 10.4 Å². The van der Waals surface area contributed by atoms with Crippen molar-refractivity contribution >= 4 is 20.9 Å². The van der Waals surface area contributed by atoms with Gasteiger partial charge in [-0.25, -0.2) is 17.4 Å². The van der Waals surface area contributed by atoms with E-state index in [0.29, 0.717) is 28.6 Å². The number of nitrogens with one attached hydrogen (secondary N) is 1. The molecule has 0 atom stereocenters. The third-order valence-electron chi connectivity index (χ3n) is 4.87. The Morgan fingerprint density at radius 1 is 1.09 bits per heavy atom. The fourth-order valence-electron chi connectivity index (χ4n) is 3.48. The lowest BCUT2D eigenvalue weighted by Gasteiger charge is -2.11. The van der Waals surface area contributed by atoms with Crippen molar-refractivity contribution in [3.8, 4) is 16.9 Å². The Morgan fingerprint density at radius 3 is 2.59 bits per heavy atom. The van der Waals surface area contributed by atoms with Gasteiger partial charge in [-0.05, 0) is 48.0 Å². The van der Waals surface area contributed by atoms with Crippen LogP contribution in [0, 0.1) is 5.95 Å². The molecule has 0 unspecified atom stereocenters. The molecule has 0 fully saturated rings. The van der Waals surface area contributed by atoms with Crippen LogP contribution in [-0.2, 0) is 16.6 Å². The first-order valence-corrected chi connectivity index (χ1v) is 10.9. The van der Waals surface area contributed by atoms with Crippen LogP contribution in [0.2, 0.25) is 0 Å². The molecule has 4 rings (SSSR count). The molecule has 0 aliphatic carbocycles. The molecule has 32 heavy (non-hydrogen) atoms. The second kappa shape index (κ2) is 8.64. The van der Waals surface area contributed by atoms with E-state index in [2.05, 4.69) is 15.0 Å². The average molecular weight is 461 g/mol. The van der Waals surface area contributed by atoms with Crippen molar-refractivity contribution in [3.63, 3.8) is 0 Å². The molecule has 2 aromatic heterocycles. The van der Waals surface area contributed by atoms with Crippen LogP contribution in [0.3, 0.4) is 0 Å². The summed E-state index contributed by atoms with van der Waals surface area (Å²) in [5.41, 5.74) is 2.22. The van der Waals surface area contributed by atoms with Gasteiger partial charge in [-0.15, -0.1) is 0 Å². The van der Waals surface area contributed by atoms with Crippen molar-refractivity contribution in [1.82, 2.24) is 14.3 Å². The molecule has 0 bridgehead atoms. The van der Waals surface area contributed by atoms with Crippen molar-refractivity contribution in [3.05, 3.63) is 78.5 Å². The first-order chi connectivity index (χ1) is 15.3. The zero-order valence-electron chi connectivity index (χ0n) is 16.8. The number of nitrogens with zero attached hydrogens (tertiary/aromatic N) is 2. The van der Waals surface area contributed by atoms with Crippen LogP contribution in [0.5, 0.6) is 5.75 Å².